The minimum atomic E-state index is -0.357. The van der Waals surface area contributed by atoms with Gasteiger partial charge in [0.2, 0.25) is 5.91 Å². The summed E-state index contributed by atoms with van der Waals surface area (Å²) in [6.07, 6.45) is 0. The number of hydrogen-bond donors (Lipinski definition) is 1. The van der Waals surface area contributed by atoms with Gasteiger partial charge in [-0.25, -0.2) is 4.79 Å². The van der Waals surface area contributed by atoms with Crippen molar-refractivity contribution < 1.29 is 9.21 Å². The maximum atomic E-state index is 12.4. The van der Waals surface area contributed by atoms with Crippen molar-refractivity contribution in [2.24, 2.45) is 0 Å². The summed E-state index contributed by atoms with van der Waals surface area (Å²) in [6.45, 7) is 10.2. The fraction of sp³-hybridized carbons (Fsp3) is 0.333. The van der Waals surface area contributed by atoms with E-state index in [1.54, 1.807) is 0 Å². The molecule has 1 atom stereocenters. The van der Waals surface area contributed by atoms with Crippen LogP contribution in [0.3, 0.4) is 0 Å². The Morgan fingerprint density at radius 2 is 1.69 bits per heavy atom. The molecular weight excluding hydrogens is 382 g/mol. The van der Waals surface area contributed by atoms with Crippen molar-refractivity contribution in [2.45, 2.75) is 46.4 Å². The zero-order chi connectivity index (χ0) is 21.1. The summed E-state index contributed by atoms with van der Waals surface area (Å²) in [4.78, 5) is 24.3. The molecule has 152 valence electrons. The number of aryl methyl sites for hydroxylation is 4. The van der Waals surface area contributed by atoms with Crippen LogP contribution in [0.5, 0.6) is 0 Å². The van der Waals surface area contributed by atoms with Gasteiger partial charge in [-0.1, -0.05) is 18.2 Å². The molecule has 29 heavy (non-hydrogen) atoms. The molecule has 0 aliphatic heterocycles. The van der Waals surface area contributed by atoms with Crippen LogP contribution in [0.25, 0.3) is 11.0 Å². The van der Waals surface area contributed by atoms with E-state index < -0.39 is 0 Å². The van der Waals surface area contributed by atoms with Gasteiger partial charge in [0.25, 0.3) is 0 Å². The first kappa shape index (κ1) is 21.2. The molecule has 0 saturated carbocycles. The summed E-state index contributed by atoms with van der Waals surface area (Å²) in [6, 6.07) is 11.7. The number of fused-ring (bicyclic) bond motifs is 1. The third-order valence-electron chi connectivity index (χ3n) is 5.34. The fourth-order valence-electron chi connectivity index (χ4n) is 3.26. The monoisotopic (exact) mass is 409 g/mol. The van der Waals surface area contributed by atoms with E-state index >= 15 is 0 Å². The zero-order valence-electron chi connectivity index (χ0n) is 17.6. The molecule has 3 rings (SSSR count). The van der Waals surface area contributed by atoms with E-state index in [4.69, 9.17) is 4.42 Å². The minimum Gasteiger partial charge on any atom is -0.423 e. The quantitative estimate of drug-likeness (QED) is 0.573. The molecule has 2 aromatic carbocycles. The van der Waals surface area contributed by atoms with Gasteiger partial charge in [-0.3, -0.25) is 4.79 Å². The molecule has 1 heterocycles. The van der Waals surface area contributed by atoms with Gasteiger partial charge in [0.05, 0.1) is 11.8 Å². The lowest BCUT2D eigenvalue weighted by Gasteiger charge is -2.16. The SMILES string of the molecule is Cc1ccc([C@H](C)NC(=O)CSCc2cc(=O)oc3cc(C)c(C)cc23)cc1C. The Bertz CT molecular complexity index is 1120. The third-order valence-corrected chi connectivity index (χ3v) is 6.33. The molecule has 0 radical (unpaired) electrons. The van der Waals surface area contributed by atoms with E-state index in [0.29, 0.717) is 17.1 Å². The van der Waals surface area contributed by atoms with Gasteiger partial charge in [-0.05, 0) is 80.1 Å². The molecule has 1 aromatic heterocycles. The zero-order valence-corrected chi connectivity index (χ0v) is 18.4. The lowest BCUT2D eigenvalue weighted by molar-refractivity contribution is -0.119. The standard InChI is InChI=1S/C24H27NO3S/c1-14-6-7-19(8-15(14)2)18(5)25-23(26)13-29-12-20-11-24(27)28-22-10-17(4)16(3)9-21(20)22/h6-11,18H,12-13H2,1-5H3,(H,25,26)/t18-/m0/s1. The Kier molecular flexibility index (Phi) is 6.48. The first-order chi connectivity index (χ1) is 13.7. The van der Waals surface area contributed by atoms with E-state index in [0.717, 1.165) is 27.6 Å². The Morgan fingerprint density at radius 3 is 2.41 bits per heavy atom. The maximum absolute atomic E-state index is 12.4. The highest BCUT2D eigenvalue weighted by Gasteiger charge is 2.12. The summed E-state index contributed by atoms with van der Waals surface area (Å²) >= 11 is 1.50. The van der Waals surface area contributed by atoms with Crippen LogP contribution in [0.15, 0.2) is 45.6 Å². The van der Waals surface area contributed by atoms with Crippen molar-refractivity contribution in [2.75, 3.05) is 5.75 Å². The number of benzene rings is 2. The molecule has 5 heteroatoms. The Labute approximate surface area is 175 Å². The molecule has 0 aliphatic rings. The topological polar surface area (TPSA) is 59.3 Å². The third kappa shape index (κ3) is 5.10. The molecule has 1 amide bonds. The number of amides is 1. The van der Waals surface area contributed by atoms with Gasteiger partial charge in [-0.2, -0.15) is 0 Å². The minimum absolute atomic E-state index is 0.0139. The summed E-state index contributed by atoms with van der Waals surface area (Å²) in [5, 5.41) is 3.99. The molecule has 0 unspecified atom stereocenters. The molecule has 0 fully saturated rings. The Morgan fingerprint density at radius 1 is 1.00 bits per heavy atom. The maximum Gasteiger partial charge on any atom is 0.336 e. The summed E-state index contributed by atoms with van der Waals surface area (Å²) in [5.41, 5.74) is 6.95. The lowest BCUT2D eigenvalue weighted by Crippen LogP contribution is -2.28. The van der Waals surface area contributed by atoms with E-state index in [9.17, 15) is 9.59 Å². The van der Waals surface area contributed by atoms with E-state index in [1.165, 1.54) is 29.0 Å². The number of carbonyl (C=O) groups excluding carboxylic acids is 1. The largest absolute Gasteiger partial charge is 0.423 e. The second kappa shape index (κ2) is 8.87. The van der Waals surface area contributed by atoms with Crippen LogP contribution in [0.4, 0.5) is 0 Å². The van der Waals surface area contributed by atoms with Crippen LogP contribution < -0.4 is 10.9 Å². The van der Waals surface area contributed by atoms with Crippen LogP contribution in [-0.4, -0.2) is 11.7 Å². The van der Waals surface area contributed by atoms with Gasteiger partial charge < -0.3 is 9.73 Å². The van der Waals surface area contributed by atoms with Gasteiger partial charge in [0.15, 0.2) is 0 Å². The fourth-order valence-corrected chi connectivity index (χ4v) is 4.09. The van der Waals surface area contributed by atoms with Crippen LogP contribution in [0.2, 0.25) is 0 Å². The average molecular weight is 410 g/mol. The number of rotatable bonds is 6. The molecule has 0 bridgehead atoms. The number of hydrogen-bond acceptors (Lipinski definition) is 4. The Hall–Kier alpha value is -2.53. The van der Waals surface area contributed by atoms with Crippen molar-refractivity contribution >= 4 is 28.6 Å². The number of thioether (sulfide) groups is 1. The highest BCUT2D eigenvalue weighted by molar-refractivity contribution is 7.99. The Balaban J connectivity index is 1.63. The summed E-state index contributed by atoms with van der Waals surface area (Å²) in [5.74, 6) is 0.901. The first-order valence-corrected chi connectivity index (χ1v) is 10.9. The van der Waals surface area contributed by atoms with Crippen LogP contribution in [0, 0.1) is 27.7 Å². The van der Waals surface area contributed by atoms with Crippen molar-refractivity contribution in [3.8, 4) is 0 Å². The highest BCUT2D eigenvalue weighted by Crippen LogP contribution is 2.25. The molecule has 4 nitrogen and oxygen atoms in total. The predicted octanol–water partition coefficient (Wildman–Crippen LogP) is 5.14. The predicted molar refractivity (Wildman–Crippen MR) is 121 cm³/mol. The molecule has 1 N–H and O–H groups in total. The summed E-state index contributed by atoms with van der Waals surface area (Å²) in [7, 11) is 0. The van der Waals surface area contributed by atoms with Crippen molar-refractivity contribution in [3.05, 3.63) is 80.2 Å². The van der Waals surface area contributed by atoms with Crippen molar-refractivity contribution in [1.82, 2.24) is 5.32 Å². The molecular formula is C24H27NO3S. The van der Waals surface area contributed by atoms with Crippen LogP contribution >= 0.6 is 11.8 Å². The molecule has 0 saturated heterocycles. The van der Waals surface area contributed by atoms with Crippen molar-refractivity contribution in [3.63, 3.8) is 0 Å². The second-order valence-corrected chi connectivity index (χ2v) is 8.63. The van der Waals surface area contributed by atoms with Crippen LogP contribution in [-0.2, 0) is 10.5 Å². The lowest BCUT2D eigenvalue weighted by atomic mass is 10.0. The van der Waals surface area contributed by atoms with E-state index in [1.807, 2.05) is 32.9 Å². The van der Waals surface area contributed by atoms with E-state index in [-0.39, 0.29) is 17.6 Å². The molecule has 0 spiro atoms. The normalized spacial score (nSPS) is 12.2. The van der Waals surface area contributed by atoms with Gasteiger partial charge >= 0.3 is 5.63 Å². The van der Waals surface area contributed by atoms with Crippen molar-refractivity contribution in [1.29, 1.82) is 0 Å². The smallest absolute Gasteiger partial charge is 0.336 e. The summed E-state index contributed by atoms with van der Waals surface area (Å²) < 4.78 is 5.34. The first-order valence-electron chi connectivity index (χ1n) is 9.73. The van der Waals surface area contributed by atoms with E-state index in [2.05, 4.69) is 37.4 Å². The molecule has 0 aliphatic carbocycles. The number of carbonyl (C=O) groups is 1. The molecule has 3 aromatic rings. The van der Waals surface area contributed by atoms with Gasteiger partial charge in [-0.15, -0.1) is 11.8 Å². The highest BCUT2D eigenvalue weighted by atomic mass is 32.2. The number of nitrogens with one attached hydrogen (secondary N) is 1. The van der Waals surface area contributed by atoms with Gasteiger partial charge in [0.1, 0.15) is 5.58 Å². The second-order valence-electron chi connectivity index (χ2n) is 7.65. The average Bonchev–Trinajstić information content (AvgIpc) is 2.65. The van der Waals surface area contributed by atoms with Crippen LogP contribution in [0.1, 0.15) is 46.3 Å². The van der Waals surface area contributed by atoms with Gasteiger partial charge in [0, 0.05) is 17.2 Å².